The molecule has 1 fully saturated rings. The van der Waals surface area contributed by atoms with Crippen LogP contribution in [0.25, 0.3) is 0 Å². The van der Waals surface area contributed by atoms with Crippen LogP contribution in [0.3, 0.4) is 0 Å². The van der Waals surface area contributed by atoms with Crippen molar-refractivity contribution >= 4 is 17.5 Å². The van der Waals surface area contributed by atoms with E-state index in [1.807, 2.05) is 31.2 Å². The molecule has 2 amide bonds. The van der Waals surface area contributed by atoms with E-state index in [4.69, 9.17) is 0 Å². The van der Waals surface area contributed by atoms with Crippen LogP contribution in [0.4, 0.5) is 5.69 Å². The van der Waals surface area contributed by atoms with E-state index < -0.39 is 11.8 Å². The zero-order chi connectivity index (χ0) is 21.0. The molecule has 2 aromatic rings. The Kier molecular flexibility index (Phi) is 6.52. The smallest absolute Gasteiger partial charge is 0.313 e. The number of hydrogen-bond donors (Lipinski definition) is 2. The molecule has 6 heteroatoms. The molecule has 3 atom stereocenters. The van der Waals surface area contributed by atoms with Gasteiger partial charge in [0.15, 0.2) is 0 Å². The van der Waals surface area contributed by atoms with E-state index >= 15 is 0 Å². The first-order valence-electron chi connectivity index (χ1n) is 10.2. The molecule has 2 N–H and O–H groups in total. The van der Waals surface area contributed by atoms with Gasteiger partial charge in [0, 0.05) is 13.2 Å². The molecule has 1 heterocycles. The van der Waals surface area contributed by atoms with Crippen LogP contribution in [0, 0.1) is 18.8 Å². The maximum atomic E-state index is 12.7. The molecule has 0 spiro atoms. The van der Waals surface area contributed by atoms with Gasteiger partial charge in [0.05, 0.1) is 6.04 Å². The molecule has 1 aliphatic carbocycles. The van der Waals surface area contributed by atoms with Crippen LogP contribution < -0.4 is 16.2 Å². The van der Waals surface area contributed by atoms with Gasteiger partial charge >= 0.3 is 11.8 Å². The summed E-state index contributed by atoms with van der Waals surface area (Å²) in [5.74, 6) is -0.669. The van der Waals surface area contributed by atoms with Gasteiger partial charge in [-0.2, -0.15) is 0 Å². The molecule has 29 heavy (non-hydrogen) atoms. The molecule has 6 nitrogen and oxygen atoms in total. The average Bonchev–Trinajstić information content (AvgIpc) is 2.70. The van der Waals surface area contributed by atoms with Crippen molar-refractivity contribution < 1.29 is 9.59 Å². The Morgan fingerprint density at radius 1 is 1.10 bits per heavy atom. The lowest BCUT2D eigenvalue weighted by atomic mass is 9.76. The van der Waals surface area contributed by atoms with Gasteiger partial charge < -0.3 is 15.2 Å². The summed E-state index contributed by atoms with van der Waals surface area (Å²) in [5.41, 5.74) is 1.87. The lowest BCUT2D eigenvalue weighted by Gasteiger charge is -2.34. The van der Waals surface area contributed by atoms with Crippen LogP contribution in [-0.2, 0) is 16.6 Å². The minimum atomic E-state index is -0.823. The van der Waals surface area contributed by atoms with Crippen LogP contribution in [-0.4, -0.2) is 16.4 Å². The number of nitrogens with one attached hydrogen (secondary N) is 2. The third-order valence-electron chi connectivity index (χ3n) is 5.84. The summed E-state index contributed by atoms with van der Waals surface area (Å²) in [6.07, 6.45) is 5.94. The molecular weight excluding hydrogens is 366 g/mol. The van der Waals surface area contributed by atoms with Crippen LogP contribution >= 0.6 is 0 Å². The van der Waals surface area contributed by atoms with E-state index in [0.717, 1.165) is 30.4 Å². The molecule has 0 saturated heterocycles. The fourth-order valence-electron chi connectivity index (χ4n) is 4.25. The van der Waals surface area contributed by atoms with Gasteiger partial charge in [0.25, 0.3) is 5.56 Å². The molecule has 1 aliphatic rings. The number of carbonyl (C=O) groups excluding carboxylic acids is 2. The van der Waals surface area contributed by atoms with Crippen LogP contribution in [0.2, 0.25) is 0 Å². The van der Waals surface area contributed by atoms with E-state index in [2.05, 4.69) is 17.6 Å². The molecule has 1 aromatic carbocycles. The Morgan fingerprint density at radius 3 is 2.59 bits per heavy atom. The van der Waals surface area contributed by atoms with Crippen molar-refractivity contribution in [3.8, 4) is 0 Å². The minimum absolute atomic E-state index is 0.0916. The lowest BCUT2D eigenvalue weighted by molar-refractivity contribution is -0.137. The number of hydrogen-bond acceptors (Lipinski definition) is 3. The van der Waals surface area contributed by atoms with Gasteiger partial charge in [-0.15, -0.1) is 0 Å². The molecule has 1 aromatic heterocycles. The van der Waals surface area contributed by atoms with E-state index in [1.165, 1.54) is 17.1 Å². The molecule has 0 aliphatic heterocycles. The average molecular weight is 396 g/mol. The predicted octanol–water partition coefficient (Wildman–Crippen LogP) is 3.32. The SMILES string of the molecule is Cc1ccccc1[C@@H](NC(=O)C(=O)Nc1cccn(C)c1=O)[C@H]1CCC[C@@H](C)C1. The van der Waals surface area contributed by atoms with Crippen molar-refractivity contribution in [2.45, 2.75) is 45.6 Å². The lowest BCUT2D eigenvalue weighted by Crippen LogP contribution is -2.42. The fourth-order valence-corrected chi connectivity index (χ4v) is 4.25. The molecule has 3 rings (SSSR count). The third-order valence-corrected chi connectivity index (χ3v) is 5.84. The zero-order valence-corrected chi connectivity index (χ0v) is 17.3. The molecule has 1 saturated carbocycles. The second-order valence-corrected chi connectivity index (χ2v) is 8.13. The highest BCUT2D eigenvalue weighted by Crippen LogP contribution is 2.38. The highest BCUT2D eigenvalue weighted by Gasteiger charge is 2.31. The van der Waals surface area contributed by atoms with Gasteiger partial charge in [0.1, 0.15) is 5.69 Å². The molecule has 0 radical (unpaired) electrons. The minimum Gasteiger partial charge on any atom is -0.341 e. The largest absolute Gasteiger partial charge is 0.341 e. The van der Waals surface area contributed by atoms with E-state index in [-0.39, 0.29) is 23.2 Å². The number of benzene rings is 1. The van der Waals surface area contributed by atoms with E-state index in [0.29, 0.717) is 5.92 Å². The topological polar surface area (TPSA) is 80.2 Å². The number of carbonyl (C=O) groups is 2. The van der Waals surface area contributed by atoms with Crippen molar-refractivity contribution in [2.24, 2.45) is 18.9 Å². The van der Waals surface area contributed by atoms with Gasteiger partial charge in [-0.1, -0.05) is 44.0 Å². The van der Waals surface area contributed by atoms with Gasteiger partial charge in [0.2, 0.25) is 0 Å². The number of rotatable bonds is 4. The van der Waals surface area contributed by atoms with E-state index in [9.17, 15) is 14.4 Å². The van der Waals surface area contributed by atoms with Crippen LogP contribution in [0.15, 0.2) is 47.4 Å². The predicted molar refractivity (Wildman–Crippen MR) is 113 cm³/mol. The number of aromatic nitrogens is 1. The van der Waals surface area contributed by atoms with Crippen molar-refractivity contribution in [3.05, 3.63) is 64.1 Å². The summed E-state index contributed by atoms with van der Waals surface area (Å²) in [6.45, 7) is 4.26. The molecule has 0 bridgehead atoms. The summed E-state index contributed by atoms with van der Waals surface area (Å²) in [5, 5.41) is 5.41. The number of pyridine rings is 1. The highest BCUT2D eigenvalue weighted by atomic mass is 16.2. The fraction of sp³-hybridized carbons (Fsp3) is 0.435. The maximum absolute atomic E-state index is 12.7. The van der Waals surface area contributed by atoms with Gasteiger partial charge in [-0.05, 0) is 54.9 Å². The number of amides is 2. The van der Waals surface area contributed by atoms with Crippen LogP contribution in [0.5, 0.6) is 0 Å². The zero-order valence-electron chi connectivity index (χ0n) is 17.3. The van der Waals surface area contributed by atoms with E-state index in [1.54, 1.807) is 19.3 Å². The third kappa shape index (κ3) is 4.94. The summed E-state index contributed by atoms with van der Waals surface area (Å²) in [6, 6.07) is 10.9. The van der Waals surface area contributed by atoms with Gasteiger partial charge in [-0.25, -0.2) is 0 Å². The van der Waals surface area contributed by atoms with Crippen molar-refractivity contribution in [3.63, 3.8) is 0 Å². The first kappa shape index (κ1) is 20.8. The Labute approximate surface area is 171 Å². The number of aryl methyl sites for hydroxylation is 2. The second kappa shape index (κ2) is 9.07. The normalized spacial score (nSPS) is 20.0. The van der Waals surface area contributed by atoms with Crippen molar-refractivity contribution in [1.29, 1.82) is 0 Å². The molecular formula is C23H29N3O3. The van der Waals surface area contributed by atoms with Crippen molar-refractivity contribution in [1.82, 2.24) is 9.88 Å². The number of anilines is 1. The molecule has 154 valence electrons. The summed E-state index contributed by atoms with van der Waals surface area (Å²) < 4.78 is 1.35. The Balaban J connectivity index is 1.80. The quantitative estimate of drug-likeness (QED) is 0.780. The number of nitrogens with zero attached hydrogens (tertiary/aromatic N) is 1. The first-order valence-corrected chi connectivity index (χ1v) is 10.2. The maximum Gasteiger partial charge on any atom is 0.313 e. The standard InChI is InChI=1S/C23H29N3O3/c1-15-8-6-10-17(14-15)20(18-11-5-4-9-16(18)2)25-22(28)21(27)24-19-12-7-13-26(3)23(19)29/h4-5,7,9,11-13,15,17,20H,6,8,10,14H2,1-3H3,(H,24,27)(H,25,28)/t15-,17+,20+/m1/s1. The summed E-state index contributed by atoms with van der Waals surface area (Å²) in [7, 11) is 1.59. The Bertz CT molecular complexity index is 950. The van der Waals surface area contributed by atoms with Crippen molar-refractivity contribution in [2.75, 3.05) is 5.32 Å². The Morgan fingerprint density at radius 2 is 1.86 bits per heavy atom. The second-order valence-electron chi connectivity index (χ2n) is 8.13. The first-order chi connectivity index (χ1) is 13.9. The summed E-state index contributed by atoms with van der Waals surface area (Å²) in [4.78, 5) is 37.3. The van der Waals surface area contributed by atoms with Crippen LogP contribution in [0.1, 0.15) is 49.8 Å². The monoisotopic (exact) mass is 395 g/mol. The molecule has 0 unspecified atom stereocenters. The summed E-state index contributed by atoms with van der Waals surface area (Å²) >= 11 is 0. The Hall–Kier alpha value is -2.89. The van der Waals surface area contributed by atoms with Gasteiger partial charge in [-0.3, -0.25) is 14.4 Å². The highest BCUT2D eigenvalue weighted by molar-refractivity contribution is 6.39.